The summed E-state index contributed by atoms with van der Waals surface area (Å²) in [6.07, 6.45) is 14.1. The maximum atomic E-state index is 13.1. The fraction of sp³-hybridized carbons (Fsp3) is 0.0594. The molecule has 2 aliphatic rings. The zero-order valence-corrected chi connectivity index (χ0v) is 86.1. The van der Waals surface area contributed by atoms with Crippen LogP contribution in [0.3, 0.4) is 0 Å². The topological polar surface area (TPSA) is 298 Å². The number of aliphatic hydroxyl groups excluding tert-OH is 1. The molecule has 0 unspecified atom stereocenters. The maximum Gasteiger partial charge on any atom is 0.354 e. The number of nitriles is 1. The first kappa shape index (κ1) is 112. The van der Waals surface area contributed by atoms with Crippen molar-refractivity contribution in [2.24, 2.45) is 0 Å². The molecular formula is C101H75F4Ir6N17O7-8. The monoisotopic (exact) mass is 2870 g/mol. The molecule has 0 saturated heterocycles. The minimum Gasteiger partial charge on any atom is -0.514 e. The molecule has 0 amide bonds. The quantitative estimate of drug-likeness (QED) is 0.0356. The molecule has 135 heavy (non-hydrogen) atoms. The molecule has 0 bridgehead atoms. The SMILES string of the molecule is CC(=O)C=C(C)O.CN1[CH-]N(c2[c-]ccc3c2oc2ccccc23)c2ccccc21.CN1[CH-]N(c2[c-]cccc2)c2ccccc21.Fc1c[c-]c(-c2ccccn2)c(F)n1.Fc1c[c-]c(-c2ccccn2)c(F)n1.O=C(O)c1ccccn1.O=C(O)c1ccccn1.[C-]#[N+]c1nc(C#N)c[c-]c1-c1cc(N(C)C)ccn1.[Ir].[Ir].[Ir].[Ir].[Ir].[Ir].[c-]1ccncc1-c1cc(-c2ccccc2)ccn1. The number of carboxylic acid groups (broad SMARTS) is 2. The van der Waals surface area contributed by atoms with Gasteiger partial charge in [-0.1, -0.05) is 181 Å². The molecule has 696 valence electrons. The molecule has 0 spiro atoms. The van der Waals surface area contributed by atoms with E-state index in [2.05, 4.69) is 223 Å². The Morgan fingerprint density at radius 2 is 0.985 bits per heavy atom. The van der Waals surface area contributed by atoms with E-state index in [0.717, 1.165) is 73.6 Å². The van der Waals surface area contributed by atoms with E-state index in [0.29, 0.717) is 22.6 Å². The molecule has 6 aromatic carbocycles. The van der Waals surface area contributed by atoms with Crippen molar-refractivity contribution < 1.29 is 172 Å². The summed E-state index contributed by atoms with van der Waals surface area (Å²) < 4.78 is 57.3. The Bertz CT molecular complexity index is 6550. The number of carbonyl (C=O) groups excluding carboxylic acids is 1. The number of aromatic carboxylic acids is 2. The van der Waals surface area contributed by atoms with Crippen LogP contribution < -0.4 is 24.5 Å². The smallest absolute Gasteiger partial charge is 0.354 e. The van der Waals surface area contributed by atoms with Gasteiger partial charge < -0.3 is 74.0 Å². The van der Waals surface area contributed by atoms with E-state index >= 15 is 0 Å². The van der Waals surface area contributed by atoms with Crippen LogP contribution in [0.25, 0.3) is 82.9 Å². The number of carboxylic acids is 2. The van der Waals surface area contributed by atoms with Crippen molar-refractivity contribution in [3.05, 3.63) is 424 Å². The number of aliphatic hydroxyl groups is 1. The van der Waals surface area contributed by atoms with E-state index in [4.69, 9.17) is 31.6 Å². The molecule has 0 aliphatic carbocycles. The number of para-hydroxylation sites is 6. The molecule has 34 heteroatoms. The Morgan fingerprint density at radius 1 is 0.481 bits per heavy atom. The van der Waals surface area contributed by atoms with Crippen molar-refractivity contribution >= 4 is 85.3 Å². The number of rotatable bonds is 11. The predicted molar refractivity (Wildman–Crippen MR) is 486 cm³/mol. The number of carbonyl (C=O) groups is 3. The van der Waals surface area contributed by atoms with Gasteiger partial charge in [-0.05, 0) is 146 Å². The average molecular weight is 2870 g/mol. The van der Waals surface area contributed by atoms with Crippen molar-refractivity contribution in [1.82, 2.24) is 49.8 Å². The molecule has 0 atom stereocenters. The van der Waals surface area contributed by atoms with E-state index in [1.54, 1.807) is 85.3 Å². The van der Waals surface area contributed by atoms with Crippen LogP contribution in [0, 0.1) is 91.4 Å². The molecule has 13 heterocycles. The van der Waals surface area contributed by atoms with Crippen molar-refractivity contribution in [3.63, 3.8) is 0 Å². The van der Waals surface area contributed by atoms with Gasteiger partial charge in [0, 0.05) is 217 Å². The molecule has 19 rings (SSSR count). The van der Waals surface area contributed by atoms with Gasteiger partial charge >= 0.3 is 17.8 Å². The van der Waals surface area contributed by atoms with E-state index in [1.165, 1.54) is 85.5 Å². The first-order chi connectivity index (χ1) is 62.5. The largest absolute Gasteiger partial charge is 0.514 e. The van der Waals surface area contributed by atoms with Crippen LogP contribution >= 0.6 is 0 Å². The third-order valence-corrected chi connectivity index (χ3v) is 17.9. The number of hydrogen-bond donors (Lipinski definition) is 3. The summed E-state index contributed by atoms with van der Waals surface area (Å²) in [7, 11) is 7.96. The number of furan rings is 1. The number of benzene rings is 6. The standard InChI is InChI=1S/C20H14N2O.C16H11N2.C14H10N5.C14H12N2.2C10H5F2N2.2C6H5NO2.C5H8O2.6Ir/c1-21-13-22(17-10-4-3-9-16(17)21)18-11-6-8-15-14-7-2-5-12-19(14)23-20(15)18;1-2-5-13(6-3-1)14-8-10-18-16(11-14)15-7-4-9-17-12-15;1-16-14-12(5-4-10(9-15)18-14)13-8-11(19(2)3)6-7-17-13;1-15-11-16(12-7-3-2-4-8-12)14-10-6-5-9-13(14)15;2*11-9-5-4-7(10(12)14-9)8-3-1-2-6-13-8;2*8-6(9)5-3-1-2-4-7-5;1-4(6)3-5(2)7;;;;;;/h2-10,12-13H,1H3;1-6,8-12H;4,6-8H,2-3H3;2-7,9-11H,1H3;2*1-3,5-6H;2*1-4H,(H,8,9);3,6H,1-2H3;;;;;;/q-2;2*-1;-2;2*-1;;;;;;;;;. The number of pyridine rings is 10. The molecular weight excluding hydrogens is 2790 g/mol. The number of aromatic nitrogens is 10. The number of fused-ring (bicyclic) bond motifs is 5. The van der Waals surface area contributed by atoms with Gasteiger partial charge in [0.2, 0.25) is 0 Å². The van der Waals surface area contributed by atoms with Gasteiger partial charge in [-0.25, -0.2) is 37.1 Å². The van der Waals surface area contributed by atoms with E-state index in [-0.39, 0.29) is 166 Å². The first-order valence-electron chi connectivity index (χ1n) is 38.9. The summed E-state index contributed by atoms with van der Waals surface area (Å²) in [5.74, 6) is -5.47. The van der Waals surface area contributed by atoms with E-state index in [1.807, 2.05) is 110 Å². The van der Waals surface area contributed by atoms with Crippen molar-refractivity contribution in [2.45, 2.75) is 13.8 Å². The molecule has 2 aliphatic heterocycles. The normalized spacial score (nSPS) is 10.6. The second-order valence-corrected chi connectivity index (χ2v) is 27.2. The number of halogens is 4. The Morgan fingerprint density at radius 3 is 1.47 bits per heavy atom. The summed E-state index contributed by atoms with van der Waals surface area (Å²) in [4.78, 5) is 81.8. The zero-order valence-electron chi connectivity index (χ0n) is 71.8. The summed E-state index contributed by atoms with van der Waals surface area (Å²) in [6, 6.07) is 99.1. The second kappa shape index (κ2) is 57.1. The Balaban J connectivity index is 0.000000272. The van der Waals surface area contributed by atoms with Crippen molar-refractivity contribution in [3.8, 4) is 62.2 Å². The van der Waals surface area contributed by atoms with Crippen LogP contribution in [-0.2, 0) is 125 Å². The summed E-state index contributed by atoms with van der Waals surface area (Å²) in [6.45, 7) is 14.1. The molecule has 0 fully saturated rings. The fourth-order valence-electron chi connectivity index (χ4n) is 12.1. The number of anilines is 7. The van der Waals surface area contributed by atoms with Crippen LogP contribution in [0.2, 0.25) is 0 Å². The van der Waals surface area contributed by atoms with Gasteiger partial charge in [-0.2, -0.15) is 67.1 Å². The number of nitrogens with zero attached hydrogens (tertiary/aromatic N) is 17. The minimum absolute atomic E-state index is 0. The Kier molecular flexibility index (Phi) is 47.3. The number of allylic oxidation sites excluding steroid dienone is 2. The molecule has 24 nitrogen and oxygen atoms in total. The predicted octanol–water partition coefficient (Wildman–Crippen LogP) is 21.4. The van der Waals surface area contributed by atoms with Gasteiger partial charge in [0.05, 0.1) is 11.8 Å². The summed E-state index contributed by atoms with van der Waals surface area (Å²) in [5, 5.41) is 36.0. The van der Waals surface area contributed by atoms with E-state index in [9.17, 15) is 31.9 Å². The first-order valence-corrected chi connectivity index (χ1v) is 38.9. The minimum atomic E-state index is -0.990. The van der Waals surface area contributed by atoms with Crippen LogP contribution in [0.5, 0.6) is 0 Å². The van der Waals surface area contributed by atoms with Gasteiger partial charge in [0.25, 0.3) is 0 Å². The Hall–Kier alpha value is -13.6. The summed E-state index contributed by atoms with van der Waals surface area (Å²) >= 11 is 0. The van der Waals surface area contributed by atoms with Crippen LogP contribution in [0.1, 0.15) is 40.5 Å². The van der Waals surface area contributed by atoms with Gasteiger partial charge in [-0.3, -0.25) is 14.8 Å². The third kappa shape index (κ3) is 32.3. The molecule has 11 aromatic heterocycles. The maximum absolute atomic E-state index is 13.1. The van der Waals surface area contributed by atoms with Crippen molar-refractivity contribution in [1.29, 1.82) is 5.26 Å². The molecule has 3 N–H and O–H groups in total. The van der Waals surface area contributed by atoms with Crippen LogP contribution in [0.15, 0.2) is 327 Å². The second-order valence-electron chi connectivity index (χ2n) is 27.2. The average Bonchev–Trinajstić information content (AvgIpc) is 1.60. The number of ketones is 1. The van der Waals surface area contributed by atoms with Gasteiger partial charge in [0.1, 0.15) is 40.8 Å². The van der Waals surface area contributed by atoms with E-state index < -0.39 is 35.7 Å². The molecule has 0 saturated carbocycles. The molecule has 17 aromatic rings. The number of hydrogen-bond acceptors (Lipinski definition) is 21. The summed E-state index contributed by atoms with van der Waals surface area (Å²) in [5.41, 5.74) is 16.0. The van der Waals surface area contributed by atoms with Crippen LogP contribution in [-0.4, -0.2) is 111 Å². The fourth-order valence-corrected chi connectivity index (χ4v) is 12.1. The third-order valence-electron chi connectivity index (χ3n) is 17.9. The zero-order chi connectivity index (χ0) is 91.6. The van der Waals surface area contributed by atoms with Crippen LogP contribution in [0.4, 0.5) is 63.2 Å². The molecule has 6 radical (unpaired) electrons. The van der Waals surface area contributed by atoms with Gasteiger partial charge in [0.15, 0.2) is 11.5 Å². The van der Waals surface area contributed by atoms with Gasteiger partial charge in [-0.15, -0.1) is 46.6 Å². The Labute approximate surface area is 858 Å². The van der Waals surface area contributed by atoms with Crippen molar-refractivity contribution in [2.75, 3.05) is 52.7 Å².